The first-order valence-corrected chi connectivity index (χ1v) is 8.30. The molecule has 1 amide bonds. The highest BCUT2D eigenvalue weighted by Gasteiger charge is 2.49. The van der Waals surface area contributed by atoms with E-state index >= 15 is 0 Å². The van der Waals surface area contributed by atoms with Gasteiger partial charge < -0.3 is 4.90 Å². The van der Waals surface area contributed by atoms with E-state index in [1.807, 2.05) is 32.0 Å². The van der Waals surface area contributed by atoms with Crippen LogP contribution in [0.1, 0.15) is 17.5 Å². The summed E-state index contributed by atoms with van der Waals surface area (Å²) < 4.78 is 23.5. The molecule has 2 aliphatic heterocycles. The Labute approximate surface area is 113 Å². The van der Waals surface area contributed by atoms with Crippen molar-refractivity contribution in [2.24, 2.45) is 5.92 Å². The summed E-state index contributed by atoms with van der Waals surface area (Å²) in [5, 5.41) is 0. The zero-order chi connectivity index (χ0) is 13.8. The minimum atomic E-state index is -2.99. The van der Waals surface area contributed by atoms with Crippen molar-refractivity contribution in [2.45, 2.75) is 26.3 Å². The van der Waals surface area contributed by atoms with Crippen molar-refractivity contribution in [2.75, 3.05) is 16.4 Å². The van der Waals surface area contributed by atoms with Crippen molar-refractivity contribution < 1.29 is 13.2 Å². The maximum absolute atomic E-state index is 12.2. The molecule has 0 unspecified atom stereocenters. The number of carbonyl (C=O) groups is 1. The van der Waals surface area contributed by atoms with Crippen molar-refractivity contribution in [1.29, 1.82) is 0 Å². The number of nitrogens with zero attached hydrogens (tertiary/aromatic N) is 1. The highest BCUT2D eigenvalue weighted by atomic mass is 32.2. The Morgan fingerprint density at radius 2 is 1.95 bits per heavy atom. The van der Waals surface area contributed by atoms with E-state index in [-0.39, 0.29) is 29.4 Å². The van der Waals surface area contributed by atoms with Crippen LogP contribution in [0.3, 0.4) is 0 Å². The van der Waals surface area contributed by atoms with Crippen molar-refractivity contribution >= 4 is 21.4 Å². The fourth-order valence-electron chi connectivity index (χ4n) is 3.20. The second kappa shape index (κ2) is 4.07. The molecule has 2 heterocycles. The number of hydrogen-bond acceptors (Lipinski definition) is 3. The molecule has 1 aromatic rings. The number of hydrogen-bond donors (Lipinski definition) is 0. The molecule has 2 saturated heterocycles. The first-order valence-electron chi connectivity index (χ1n) is 6.48. The third-order valence-corrected chi connectivity index (χ3v) is 6.09. The summed E-state index contributed by atoms with van der Waals surface area (Å²) in [6, 6.07) is 5.66. The Kier molecular flexibility index (Phi) is 2.71. The summed E-state index contributed by atoms with van der Waals surface area (Å²) in [5.41, 5.74) is 3.05. The summed E-state index contributed by atoms with van der Waals surface area (Å²) in [6.07, 6.45) is 0.358. The second-order valence-electron chi connectivity index (χ2n) is 5.59. The molecule has 0 aromatic heterocycles. The van der Waals surface area contributed by atoms with Gasteiger partial charge in [-0.3, -0.25) is 4.79 Å². The maximum atomic E-state index is 12.2. The fraction of sp³-hybridized carbons (Fsp3) is 0.500. The predicted octanol–water partition coefficient (Wildman–Crippen LogP) is 1.45. The lowest BCUT2D eigenvalue weighted by Gasteiger charge is -2.25. The van der Waals surface area contributed by atoms with E-state index in [0.29, 0.717) is 6.42 Å². The van der Waals surface area contributed by atoms with Crippen LogP contribution in [0.2, 0.25) is 0 Å². The quantitative estimate of drug-likeness (QED) is 0.782. The number of carbonyl (C=O) groups excluding carboxylic acids is 1. The number of rotatable bonds is 1. The number of aryl methyl sites for hydroxylation is 1. The van der Waals surface area contributed by atoms with Crippen LogP contribution in [0.25, 0.3) is 0 Å². The van der Waals surface area contributed by atoms with Gasteiger partial charge in [-0.1, -0.05) is 12.1 Å². The van der Waals surface area contributed by atoms with Gasteiger partial charge in [0, 0.05) is 18.0 Å². The number of amides is 1. The zero-order valence-electron chi connectivity index (χ0n) is 11.1. The lowest BCUT2D eigenvalue weighted by molar-refractivity contribution is -0.117. The van der Waals surface area contributed by atoms with Crippen molar-refractivity contribution in [3.8, 4) is 0 Å². The fourth-order valence-corrected chi connectivity index (χ4v) is 5.27. The molecule has 0 spiro atoms. The molecule has 3 rings (SSSR count). The molecule has 2 aliphatic rings. The number of sulfone groups is 1. The van der Waals surface area contributed by atoms with Gasteiger partial charge in [0.25, 0.3) is 0 Å². The second-order valence-corrected chi connectivity index (χ2v) is 7.75. The molecular weight excluding hydrogens is 262 g/mol. The predicted molar refractivity (Wildman–Crippen MR) is 74.0 cm³/mol. The molecule has 102 valence electrons. The Balaban J connectivity index is 2.05. The van der Waals surface area contributed by atoms with Crippen LogP contribution in [0.5, 0.6) is 0 Å². The van der Waals surface area contributed by atoms with Gasteiger partial charge in [0.1, 0.15) is 0 Å². The van der Waals surface area contributed by atoms with E-state index in [0.717, 1.165) is 16.8 Å². The summed E-state index contributed by atoms with van der Waals surface area (Å²) in [6.45, 7) is 3.98. The van der Waals surface area contributed by atoms with Gasteiger partial charge in [-0.25, -0.2) is 8.42 Å². The molecule has 0 bridgehead atoms. The average molecular weight is 279 g/mol. The van der Waals surface area contributed by atoms with Crippen LogP contribution in [-0.4, -0.2) is 31.9 Å². The molecule has 2 fully saturated rings. The molecule has 0 saturated carbocycles. The van der Waals surface area contributed by atoms with Gasteiger partial charge in [0.15, 0.2) is 9.84 Å². The smallest absolute Gasteiger partial charge is 0.227 e. The normalized spacial score (nSPS) is 28.7. The standard InChI is InChI=1S/C14H17NO3S/c1-9-4-3-5-12(10(9)2)15-13-8-19(17,18)7-11(13)6-14(15)16/h3-5,11,13H,6-8H2,1-2H3/t11-,13-/m0/s1. The highest BCUT2D eigenvalue weighted by Crippen LogP contribution is 2.38. The van der Waals surface area contributed by atoms with E-state index in [9.17, 15) is 13.2 Å². The lowest BCUT2D eigenvalue weighted by Crippen LogP contribution is -2.36. The Bertz CT molecular complexity index is 651. The van der Waals surface area contributed by atoms with E-state index in [4.69, 9.17) is 0 Å². The van der Waals surface area contributed by atoms with Crippen molar-refractivity contribution in [3.05, 3.63) is 29.3 Å². The molecular formula is C14H17NO3S. The van der Waals surface area contributed by atoms with Crippen molar-refractivity contribution in [1.82, 2.24) is 0 Å². The van der Waals surface area contributed by atoms with Crippen molar-refractivity contribution in [3.63, 3.8) is 0 Å². The minimum absolute atomic E-state index is 0.0302. The van der Waals surface area contributed by atoms with Crippen LogP contribution < -0.4 is 4.90 Å². The Hall–Kier alpha value is -1.36. The third-order valence-electron chi connectivity index (χ3n) is 4.31. The summed E-state index contributed by atoms with van der Waals surface area (Å²) in [5.74, 6) is 0.290. The van der Waals surface area contributed by atoms with E-state index in [1.165, 1.54) is 0 Å². The zero-order valence-corrected chi connectivity index (χ0v) is 11.9. The summed E-state index contributed by atoms with van der Waals surface area (Å²) >= 11 is 0. The SMILES string of the molecule is Cc1cccc(N2C(=O)C[C@H]3CS(=O)(=O)C[C@@H]32)c1C. The lowest BCUT2D eigenvalue weighted by atomic mass is 10.0. The molecule has 5 heteroatoms. The van der Waals surface area contributed by atoms with Gasteiger partial charge in [0.2, 0.25) is 5.91 Å². The maximum Gasteiger partial charge on any atom is 0.227 e. The highest BCUT2D eigenvalue weighted by molar-refractivity contribution is 7.91. The topological polar surface area (TPSA) is 54.5 Å². The van der Waals surface area contributed by atoms with E-state index in [1.54, 1.807) is 4.90 Å². The van der Waals surface area contributed by atoms with Crippen LogP contribution >= 0.6 is 0 Å². The van der Waals surface area contributed by atoms with Gasteiger partial charge in [0.05, 0.1) is 17.5 Å². The Morgan fingerprint density at radius 1 is 1.21 bits per heavy atom. The van der Waals surface area contributed by atoms with Crippen LogP contribution in [0.15, 0.2) is 18.2 Å². The first-order chi connectivity index (χ1) is 8.89. The summed E-state index contributed by atoms with van der Waals surface area (Å²) in [4.78, 5) is 13.9. The largest absolute Gasteiger partial charge is 0.308 e. The van der Waals surface area contributed by atoms with Crippen LogP contribution in [0.4, 0.5) is 5.69 Å². The summed E-state index contributed by atoms with van der Waals surface area (Å²) in [7, 11) is -2.99. The number of benzene rings is 1. The molecule has 0 radical (unpaired) electrons. The molecule has 1 aromatic carbocycles. The number of anilines is 1. The van der Waals surface area contributed by atoms with E-state index < -0.39 is 9.84 Å². The van der Waals surface area contributed by atoms with Crippen LogP contribution in [-0.2, 0) is 14.6 Å². The molecule has 0 aliphatic carbocycles. The average Bonchev–Trinajstić information content (AvgIpc) is 2.73. The molecule has 2 atom stereocenters. The Morgan fingerprint density at radius 3 is 2.68 bits per heavy atom. The third kappa shape index (κ3) is 1.96. The molecule has 19 heavy (non-hydrogen) atoms. The van der Waals surface area contributed by atoms with Gasteiger partial charge in [-0.05, 0) is 31.0 Å². The minimum Gasteiger partial charge on any atom is -0.308 e. The van der Waals surface area contributed by atoms with Gasteiger partial charge >= 0.3 is 0 Å². The monoisotopic (exact) mass is 279 g/mol. The van der Waals surface area contributed by atoms with Crippen LogP contribution in [0, 0.1) is 19.8 Å². The molecule has 0 N–H and O–H groups in total. The van der Waals surface area contributed by atoms with Gasteiger partial charge in [-0.2, -0.15) is 0 Å². The molecule has 4 nitrogen and oxygen atoms in total. The first kappa shape index (κ1) is 12.7. The van der Waals surface area contributed by atoms with Gasteiger partial charge in [-0.15, -0.1) is 0 Å². The number of fused-ring (bicyclic) bond motifs is 1. The van der Waals surface area contributed by atoms with E-state index in [2.05, 4.69) is 0 Å².